The number of carbonyl (C=O) groups excluding carboxylic acids is 1. The van der Waals surface area contributed by atoms with Crippen LogP contribution in [0, 0.1) is 6.92 Å². The van der Waals surface area contributed by atoms with E-state index in [4.69, 9.17) is 16.3 Å². The van der Waals surface area contributed by atoms with Crippen LogP contribution in [0.1, 0.15) is 24.7 Å². The molecule has 2 aromatic rings. The number of aromatic nitrogens is 2. The quantitative estimate of drug-likeness (QED) is 0.625. The van der Waals surface area contributed by atoms with Crippen LogP contribution < -0.4 is 0 Å². The highest BCUT2D eigenvalue weighted by Gasteiger charge is 2.11. The Labute approximate surface area is 117 Å². The van der Waals surface area contributed by atoms with Gasteiger partial charge in [0.1, 0.15) is 5.82 Å². The van der Waals surface area contributed by atoms with Crippen molar-refractivity contribution in [3.8, 4) is 0 Å². The van der Waals surface area contributed by atoms with Crippen LogP contribution in [-0.2, 0) is 22.0 Å². The zero-order valence-electron chi connectivity index (χ0n) is 11.1. The molecular weight excluding hydrogens is 264 g/mol. The monoisotopic (exact) mass is 280 g/mol. The molecule has 0 fully saturated rings. The summed E-state index contributed by atoms with van der Waals surface area (Å²) in [6, 6.07) is 6.06. The van der Waals surface area contributed by atoms with Crippen molar-refractivity contribution in [3.63, 3.8) is 0 Å². The molecule has 0 aliphatic carbocycles. The summed E-state index contributed by atoms with van der Waals surface area (Å²) in [7, 11) is 0. The summed E-state index contributed by atoms with van der Waals surface area (Å²) in [6.45, 7) is 4.78. The molecule has 19 heavy (non-hydrogen) atoms. The molecule has 0 unspecified atom stereocenters. The van der Waals surface area contributed by atoms with E-state index in [0.717, 1.165) is 22.4 Å². The molecule has 4 nitrogen and oxygen atoms in total. The fourth-order valence-corrected chi connectivity index (χ4v) is 2.28. The Hall–Kier alpha value is -1.55. The zero-order valence-corrected chi connectivity index (χ0v) is 11.9. The first kappa shape index (κ1) is 13.9. The number of esters is 1. The van der Waals surface area contributed by atoms with Crippen LogP contribution in [0.5, 0.6) is 0 Å². The first-order valence-corrected chi connectivity index (χ1v) is 6.86. The molecule has 0 saturated heterocycles. The molecule has 0 amide bonds. The van der Waals surface area contributed by atoms with Crippen molar-refractivity contribution in [2.75, 3.05) is 6.61 Å². The van der Waals surface area contributed by atoms with Gasteiger partial charge in [-0.25, -0.2) is 4.98 Å². The number of nitrogens with zero attached hydrogens (tertiary/aromatic N) is 2. The minimum absolute atomic E-state index is 0.197. The van der Waals surface area contributed by atoms with E-state index in [1.54, 1.807) is 6.92 Å². The standard InChI is InChI=1S/C14H17ClN2O2/c1-3-19-14(18)6-7-17-12-5-4-10(2)8-11(12)16-13(17)9-15/h4-5,8H,3,6-7,9H2,1-2H3. The van der Waals surface area contributed by atoms with E-state index in [2.05, 4.69) is 4.98 Å². The summed E-state index contributed by atoms with van der Waals surface area (Å²) in [5, 5.41) is 0. The number of carbonyl (C=O) groups is 1. The lowest BCUT2D eigenvalue weighted by Crippen LogP contribution is -2.10. The predicted molar refractivity (Wildman–Crippen MR) is 75.3 cm³/mol. The van der Waals surface area contributed by atoms with Crippen LogP contribution in [0.2, 0.25) is 0 Å². The lowest BCUT2D eigenvalue weighted by atomic mass is 10.2. The Bertz CT molecular complexity index is 592. The number of hydrogen-bond donors (Lipinski definition) is 0. The van der Waals surface area contributed by atoms with Gasteiger partial charge in [0.2, 0.25) is 0 Å². The molecule has 1 aromatic heterocycles. The molecule has 0 aliphatic heterocycles. The van der Waals surface area contributed by atoms with Crippen molar-refractivity contribution in [3.05, 3.63) is 29.6 Å². The Morgan fingerprint density at radius 1 is 1.47 bits per heavy atom. The third kappa shape index (κ3) is 3.07. The second-order valence-corrected chi connectivity index (χ2v) is 4.63. The van der Waals surface area contributed by atoms with Gasteiger partial charge in [0.25, 0.3) is 0 Å². The summed E-state index contributed by atoms with van der Waals surface area (Å²) in [5.41, 5.74) is 3.08. The molecule has 0 aliphatic rings. The van der Waals surface area contributed by atoms with Crippen LogP contribution in [0.25, 0.3) is 11.0 Å². The number of fused-ring (bicyclic) bond motifs is 1. The summed E-state index contributed by atoms with van der Waals surface area (Å²) < 4.78 is 6.92. The summed E-state index contributed by atoms with van der Waals surface area (Å²) in [5.74, 6) is 0.917. The van der Waals surface area contributed by atoms with Crippen molar-refractivity contribution in [1.29, 1.82) is 0 Å². The number of halogens is 1. The van der Waals surface area contributed by atoms with Gasteiger partial charge >= 0.3 is 5.97 Å². The Kier molecular flexibility index (Phi) is 4.43. The fourth-order valence-electron chi connectivity index (χ4n) is 2.08. The molecular formula is C14H17ClN2O2. The van der Waals surface area contributed by atoms with Crippen molar-refractivity contribution >= 4 is 28.6 Å². The lowest BCUT2D eigenvalue weighted by Gasteiger charge is -2.07. The van der Waals surface area contributed by atoms with Gasteiger partial charge in [-0.05, 0) is 31.5 Å². The lowest BCUT2D eigenvalue weighted by molar-refractivity contribution is -0.143. The van der Waals surface area contributed by atoms with Gasteiger partial charge in [0, 0.05) is 6.54 Å². The Morgan fingerprint density at radius 3 is 2.95 bits per heavy atom. The molecule has 0 radical (unpaired) electrons. The number of ether oxygens (including phenoxy) is 1. The number of alkyl halides is 1. The van der Waals surface area contributed by atoms with Gasteiger partial charge in [-0.3, -0.25) is 4.79 Å². The van der Waals surface area contributed by atoms with Crippen LogP contribution in [-0.4, -0.2) is 22.1 Å². The molecule has 0 bridgehead atoms. The third-order valence-corrected chi connectivity index (χ3v) is 3.19. The van der Waals surface area contributed by atoms with E-state index in [0.29, 0.717) is 25.5 Å². The third-order valence-electron chi connectivity index (χ3n) is 2.95. The average Bonchev–Trinajstić information content (AvgIpc) is 2.73. The number of aryl methyl sites for hydroxylation is 2. The Morgan fingerprint density at radius 2 is 2.26 bits per heavy atom. The van der Waals surface area contributed by atoms with Crippen molar-refractivity contribution in [1.82, 2.24) is 9.55 Å². The number of rotatable bonds is 5. The highest BCUT2D eigenvalue weighted by Crippen LogP contribution is 2.19. The molecule has 102 valence electrons. The number of benzene rings is 1. The maximum Gasteiger partial charge on any atom is 0.307 e. The summed E-state index contributed by atoms with van der Waals surface area (Å²) in [6.07, 6.45) is 0.330. The van der Waals surface area contributed by atoms with Crippen molar-refractivity contribution < 1.29 is 9.53 Å². The van der Waals surface area contributed by atoms with Crippen molar-refractivity contribution in [2.24, 2.45) is 0 Å². The highest BCUT2D eigenvalue weighted by atomic mass is 35.5. The maximum atomic E-state index is 11.4. The normalized spacial score (nSPS) is 10.9. The largest absolute Gasteiger partial charge is 0.466 e. The Balaban J connectivity index is 2.27. The highest BCUT2D eigenvalue weighted by molar-refractivity contribution is 6.16. The topological polar surface area (TPSA) is 44.1 Å². The summed E-state index contributed by atoms with van der Waals surface area (Å²) >= 11 is 5.92. The van der Waals surface area contributed by atoms with E-state index in [1.165, 1.54) is 0 Å². The zero-order chi connectivity index (χ0) is 13.8. The van der Waals surface area contributed by atoms with E-state index < -0.39 is 0 Å². The first-order chi connectivity index (χ1) is 9.15. The smallest absolute Gasteiger partial charge is 0.307 e. The molecule has 1 aromatic carbocycles. The molecule has 0 saturated carbocycles. The summed E-state index contributed by atoms with van der Waals surface area (Å²) in [4.78, 5) is 15.9. The van der Waals surface area contributed by atoms with E-state index in [-0.39, 0.29) is 5.97 Å². The number of hydrogen-bond acceptors (Lipinski definition) is 3. The van der Waals surface area contributed by atoms with Gasteiger partial charge in [-0.2, -0.15) is 0 Å². The minimum Gasteiger partial charge on any atom is -0.466 e. The van der Waals surface area contributed by atoms with Crippen molar-refractivity contribution in [2.45, 2.75) is 32.7 Å². The fraction of sp³-hybridized carbons (Fsp3) is 0.429. The van der Waals surface area contributed by atoms with E-state index in [9.17, 15) is 4.79 Å². The SMILES string of the molecule is CCOC(=O)CCn1c(CCl)nc2cc(C)ccc21. The van der Waals surface area contributed by atoms with Gasteiger partial charge < -0.3 is 9.30 Å². The van der Waals surface area contributed by atoms with Crippen LogP contribution in [0.15, 0.2) is 18.2 Å². The predicted octanol–water partition coefficient (Wildman–Crippen LogP) is 3.04. The number of imidazole rings is 1. The maximum absolute atomic E-state index is 11.4. The molecule has 2 rings (SSSR count). The first-order valence-electron chi connectivity index (χ1n) is 6.33. The second-order valence-electron chi connectivity index (χ2n) is 4.36. The van der Waals surface area contributed by atoms with E-state index >= 15 is 0 Å². The van der Waals surface area contributed by atoms with Crippen LogP contribution in [0.4, 0.5) is 0 Å². The van der Waals surface area contributed by atoms with Crippen LogP contribution >= 0.6 is 11.6 Å². The van der Waals surface area contributed by atoms with Gasteiger partial charge in [0.15, 0.2) is 0 Å². The van der Waals surface area contributed by atoms with Gasteiger partial charge in [-0.15, -0.1) is 11.6 Å². The molecule has 0 spiro atoms. The average molecular weight is 281 g/mol. The minimum atomic E-state index is -0.197. The van der Waals surface area contributed by atoms with Crippen LogP contribution in [0.3, 0.4) is 0 Å². The molecule has 0 N–H and O–H groups in total. The molecule has 1 heterocycles. The molecule has 0 atom stereocenters. The van der Waals surface area contributed by atoms with Gasteiger partial charge in [-0.1, -0.05) is 6.07 Å². The van der Waals surface area contributed by atoms with E-state index in [1.807, 2.05) is 29.7 Å². The second kappa shape index (κ2) is 6.06. The van der Waals surface area contributed by atoms with Gasteiger partial charge in [0.05, 0.1) is 29.9 Å². The molecule has 5 heteroatoms.